The van der Waals surface area contributed by atoms with Gasteiger partial charge in [-0.2, -0.15) is 11.8 Å². The Morgan fingerprint density at radius 2 is 2.45 bits per heavy atom. The number of carbonyl (C=O) groups is 2. The SMILES string of the molecule is CCN1C[C@@H](C(=O)NCc2csc(CSC)n2)CC1=O. The second-order valence-electron chi connectivity index (χ2n) is 4.72. The maximum absolute atomic E-state index is 12.0. The van der Waals surface area contributed by atoms with E-state index < -0.39 is 0 Å². The van der Waals surface area contributed by atoms with E-state index in [-0.39, 0.29) is 17.7 Å². The Hall–Kier alpha value is -1.08. The third-order valence-electron chi connectivity index (χ3n) is 3.28. The summed E-state index contributed by atoms with van der Waals surface area (Å²) in [5.41, 5.74) is 0.893. The summed E-state index contributed by atoms with van der Waals surface area (Å²) in [6.45, 7) is 3.59. The van der Waals surface area contributed by atoms with Crippen LogP contribution in [0.15, 0.2) is 5.38 Å². The molecular formula is C13H19N3O2S2. The van der Waals surface area contributed by atoms with Gasteiger partial charge in [0, 0.05) is 30.6 Å². The summed E-state index contributed by atoms with van der Waals surface area (Å²) in [4.78, 5) is 29.8. The van der Waals surface area contributed by atoms with Gasteiger partial charge in [0.25, 0.3) is 0 Å². The second kappa shape index (κ2) is 7.08. The molecule has 1 atom stereocenters. The van der Waals surface area contributed by atoms with Gasteiger partial charge in [0.1, 0.15) is 5.01 Å². The molecule has 0 aliphatic carbocycles. The molecule has 2 rings (SSSR count). The van der Waals surface area contributed by atoms with Gasteiger partial charge in [-0.25, -0.2) is 4.98 Å². The Kier molecular flexibility index (Phi) is 5.42. The smallest absolute Gasteiger partial charge is 0.225 e. The van der Waals surface area contributed by atoms with Crippen molar-refractivity contribution in [3.63, 3.8) is 0 Å². The van der Waals surface area contributed by atoms with Gasteiger partial charge in [-0.1, -0.05) is 0 Å². The standard InChI is InChI=1S/C13H19N3O2S2/c1-3-16-6-9(4-12(16)17)13(18)14-5-10-7-20-11(15-10)8-19-2/h7,9H,3-6,8H2,1-2H3,(H,14,18)/t9-/m0/s1. The third kappa shape index (κ3) is 3.73. The lowest BCUT2D eigenvalue weighted by molar-refractivity contribution is -0.128. The highest BCUT2D eigenvalue weighted by Crippen LogP contribution is 2.18. The average molecular weight is 313 g/mol. The first kappa shape index (κ1) is 15.3. The normalized spacial score (nSPS) is 18.6. The molecule has 20 heavy (non-hydrogen) atoms. The Morgan fingerprint density at radius 3 is 3.10 bits per heavy atom. The molecule has 5 nitrogen and oxygen atoms in total. The van der Waals surface area contributed by atoms with Crippen LogP contribution in [0.1, 0.15) is 24.0 Å². The molecule has 110 valence electrons. The largest absolute Gasteiger partial charge is 0.350 e. The van der Waals surface area contributed by atoms with Gasteiger partial charge in [0.05, 0.1) is 18.2 Å². The molecule has 2 heterocycles. The molecule has 0 saturated carbocycles. The first-order valence-corrected chi connectivity index (χ1v) is 8.89. The van der Waals surface area contributed by atoms with E-state index in [1.165, 1.54) is 0 Å². The molecule has 1 N–H and O–H groups in total. The first-order valence-electron chi connectivity index (χ1n) is 6.61. The number of hydrogen-bond acceptors (Lipinski definition) is 5. The molecule has 7 heteroatoms. The molecule has 1 aliphatic rings. The van der Waals surface area contributed by atoms with Crippen molar-refractivity contribution in [3.8, 4) is 0 Å². The van der Waals surface area contributed by atoms with E-state index >= 15 is 0 Å². The number of nitrogens with one attached hydrogen (secondary N) is 1. The van der Waals surface area contributed by atoms with Gasteiger partial charge < -0.3 is 10.2 Å². The summed E-state index contributed by atoms with van der Waals surface area (Å²) in [5, 5.41) is 5.94. The van der Waals surface area contributed by atoms with E-state index in [9.17, 15) is 9.59 Å². The number of thiazole rings is 1. The summed E-state index contributed by atoms with van der Waals surface area (Å²) >= 11 is 3.35. The van der Waals surface area contributed by atoms with Crippen LogP contribution in [-0.2, 0) is 21.9 Å². The summed E-state index contributed by atoms with van der Waals surface area (Å²) in [6, 6.07) is 0. The van der Waals surface area contributed by atoms with Gasteiger partial charge >= 0.3 is 0 Å². The van der Waals surface area contributed by atoms with Crippen molar-refractivity contribution in [1.29, 1.82) is 0 Å². The number of amides is 2. The monoisotopic (exact) mass is 313 g/mol. The summed E-state index contributed by atoms with van der Waals surface area (Å²) in [6.07, 6.45) is 2.37. The Morgan fingerprint density at radius 1 is 1.65 bits per heavy atom. The van der Waals surface area contributed by atoms with Crippen molar-refractivity contribution in [1.82, 2.24) is 15.2 Å². The molecule has 1 aromatic rings. The number of hydrogen-bond donors (Lipinski definition) is 1. The minimum Gasteiger partial charge on any atom is -0.350 e. The minimum atomic E-state index is -0.216. The molecule has 0 unspecified atom stereocenters. The van der Waals surface area contributed by atoms with Crippen molar-refractivity contribution < 1.29 is 9.59 Å². The predicted molar refractivity (Wildman–Crippen MR) is 81.5 cm³/mol. The molecule has 2 amide bonds. The van der Waals surface area contributed by atoms with E-state index in [1.54, 1.807) is 28.0 Å². The molecule has 1 aromatic heterocycles. The number of thioether (sulfide) groups is 1. The van der Waals surface area contributed by atoms with Crippen LogP contribution in [0.2, 0.25) is 0 Å². The Balaban J connectivity index is 1.81. The van der Waals surface area contributed by atoms with Gasteiger partial charge in [0.15, 0.2) is 0 Å². The van der Waals surface area contributed by atoms with Crippen LogP contribution in [-0.4, -0.2) is 41.0 Å². The summed E-state index contributed by atoms with van der Waals surface area (Å²) in [5.74, 6) is 0.713. The lowest BCUT2D eigenvalue weighted by atomic mass is 10.1. The van der Waals surface area contributed by atoms with E-state index in [4.69, 9.17) is 0 Å². The third-order valence-corrected chi connectivity index (χ3v) is 4.92. The van der Waals surface area contributed by atoms with Crippen LogP contribution in [0.5, 0.6) is 0 Å². The highest BCUT2D eigenvalue weighted by atomic mass is 32.2. The number of nitrogens with zero attached hydrogens (tertiary/aromatic N) is 2. The topological polar surface area (TPSA) is 62.3 Å². The first-order chi connectivity index (χ1) is 9.63. The average Bonchev–Trinajstić information content (AvgIpc) is 3.03. The van der Waals surface area contributed by atoms with E-state index in [0.29, 0.717) is 26.1 Å². The lowest BCUT2D eigenvalue weighted by Crippen LogP contribution is -2.32. The molecule has 1 aliphatic heterocycles. The van der Waals surface area contributed by atoms with Gasteiger partial charge in [-0.05, 0) is 13.2 Å². The van der Waals surface area contributed by atoms with Crippen molar-refractivity contribution in [2.24, 2.45) is 5.92 Å². The van der Waals surface area contributed by atoms with Crippen molar-refractivity contribution in [2.45, 2.75) is 25.6 Å². The van der Waals surface area contributed by atoms with Gasteiger partial charge in [-0.15, -0.1) is 11.3 Å². The summed E-state index contributed by atoms with van der Waals surface area (Å²) < 4.78 is 0. The van der Waals surface area contributed by atoms with E-state index in [2.05, 4.69) is 10.3 Å². The van der Waals surface area contributed by atoms with Crippen molar-refractivity contribution >= 4 is 34.9 Å². The quantitative estimate of drug-likeness (QED) is 0.864. The maximum atomic E-state index is 12.0. The van der Waals surface area contributed by atoms with Gasteiger partial charge in [0.2, 0.25) is 11.8 Å². The molecule has 1 fully saturated rings. The number of rotatable bonds is 6. The lowest BCUT2D eigenvalue weighted by Gasteiger charge is -2.13. The molecule has 0 bridgehead atoms. The molecule has 0 spiro atoms. The predicted octanol–water partition coefficient (Wildman–Crippen LogP) is 1.49. The zero-order chi connectivity index (χ0) is 14.5. The van der Waals surface area contributed by atoms with Gasteiger partial charge in [-0.3, -0.25) is 9.59 Å². The fourth-order valence-electron chi connectivity index (χ4n) is 2.20. The van der Waals surface area contributed by atoms with Crippen LogP contribution in [0.3, 0.4) is 0 Å². The zero-order valence-corrected chi connectivity index (χ0v) is 13.4. The fourth-order valence-corrected chi connectivity index (χ4v) is 3.71. The highest BCUT2D eigenvalue weighted by Gasteiger charge is 2.33. The number of likely N-dealkylation sites (tertiary alicyclic amines) is 1. The molecule has 0 aromatic carbocycles. The van der Waals surface area contributed by atoms with Crippen LogP contribution >= 0.6 is 23.1 Å². The van der Waals surface area contributed by atoms with Crippen LogP contribution in [0.25, 0.3) is 0 Å². The minimum absolute atomic E-state index is 0.0475. The Bertz CT molecular complexity index is 490. The van der Waals surface area contributed by atoms with E-state index in [1.807, 2.05) is 18.6 Å². The highest BCUT2D eigenvalue weighted by molar-refractivity contribution is 7.97. The second-order valence-corrected chi connectivity index (χ2v) is 6.53. The molecular weight excluding hydrogens is 294 g/mol. The Labute approximate surface area is 127 Å². The van der Waals surface area contributed by atoms with Crippen molar-refractivity contribution in [2.75, 3.05) is 19.3 Å². The van der Waals surface area contributed by atoms with Crippen LogP contribution in [0.4, 0.5) is 0 Å². The summed E-state index contributed by atoms with van der Waals surface area (Å²) in [7, 11) is 0. The van der Waals surface area contributed by atoms with Crippen LogP contribution in [0, 0.1) is 5.92 Å². The maximum Gasteiger partial charge on any atom is 0.225 e. The fraction of sp³-hybridized carbons (Fsp3) is 0.615. The molecule has 1 saturated heterocycles. The number of carbonyl (C=O) groups excluding carboxylic acids is 2. The zero-order valence-electron chi connectivity index (χ0n) is 11.7. The number of aromatic nitrogens is 1. The van der Waals surface area contributed by atoms with E-state index in [0.717, 1.165) is 16.5 Å². The van der Waals surface area contributed by atoms with Crippen molar-refractivity contribution in [3.05, 3.63) is 16.1 Å². The van der Waals surface area contributed by atoms with Crippen LogP contribution < -0.4 is 5.32 Å². The molecule has 0 radical (unpaired) electrons.